The smallest absolute Gasteiger partial charge is 0.245 e. The second-order valence-corrected chi connectivity index (χ2v) is 5.82. The summed E-state index contributed by atoms with van der Waals surface area (Å²) < 4.78 is 1.51. The number of fused-ring (bicyclic) bond motifs is 1. The van der Waals surface area contributed by atoms with Crippen LogP contribution < -0.4 is 5.01 Å². The van der Waals surface area contributed by atoms with Crippen LogP contribution in [0, 0.1) is 6.92 Å². The number of anilines is 1. The Hall–Kier alpha value is -2.41. The van der Waals surface area contributed by atoms with Crippen LogP contribution in [-0.2, 0) is 4.79 Å². The zero-order valence-corrected chi connectivity index (χ0v) is 13.2. The number of thioether (sulfide) groups is 1. The molecule has 0 radical (unpaired) electrons. The van der Waals surface area contributed by atoms with Crippen LogP contribution in [0.2, 0.25) is 0 Å². The van der Waals surface area contributed by atoms with Gasteiger partial charge in [0.2, 0.25) is 11.8 Å². The van der Waals surface area contributed by atoms with Crippen molar-refractivity contribution in [2.24, 2.45) is 5.10 Å². The van der Waals surface area contributed by atoms with Gasteiger partial charge >= 0.3 is 0 Å². The molecule has 0 aliphatic carbocycles. The SMILES string of the molecule is CC(=O)N1N=C(c2ccccc2)Sc2c1nc(C)n2C(C)=O. The van der Waals surface area contributed by atoms with Gasteiger partial charge in [-0.1, -0.05) is 30.3 Å². The average molecular weight is 314 g/mol. The maximum absolute atomic E-state index is 11.9. The predicted octanol–water partition coefficient (Wildman–Crippen LogP) is 2.67. The summed E-state index contributed by atoms with van der Waals surface area (Å²) in [5.41, 5.74) is 0.887. The van der Waals surface area contributed by atoms with Crippen molar-refractivity contribution >= 4 is 34.4 Å². The molecule has 1 aliphatic heterocycles. The zero-order valence-electron chi connectivity index (χ0n) is 12.4. The highest BCUT2D eigenvalue weighted by Gasteiger charge is 2.30. The van der Waals surface area contributed by atoms with Crippen molar-refractivity contribution in [3.8, 4) is 0 Å². The summed E-state index contributed by atoms with van der Waals surface area (Å²) in [6.45, 7) is 4.64. The normalized spacial score (nSPS) is 13.6. The van der Waals surface area contributed by atoms with Gasteiger partial charge in [0, 0.05) is 19.4 Å². The van der Waals surface area contributed by atoms with Crippen LogP contribution in [0.5, 0.6) is 0 Å². The second kappa shape index (κ2) is 5.42. The lowest BCUT2D eigenvalue weighted by molar-refractivity contribution is -0.116. The molecule has 3 rings (SSSR count). The lowest BCUT2D eigenvalue weighted by Gasteiger charge is -2.21. The van der Waals surface area contributed by atoms with Gasteiger partial charge in [-0.05, 0) is 18.7 Å². The van der Waals surface area contributed by atoms with Gasteiger partial charge in [-0.25, -0.2) is 4.98 Å². The van der Waals surface area contributed by atoms with Crippen molar-refractivity contribution in [3.05, 3.63) is 41.7 Å². The molecule has 6 nitrogen and oxygen atoms in total. The van der Waals surface area contributed by atoms with Crippen LogP contribution in [0.1, 0.15) is 30.0 Å². The standard InChI is InChI=1S/C15H14N4O2S/c1-9-16-13-15(18(9)10(2)20)22-14(17-19(13)11(3)21)12-7-5-4-6-8-12/h4-8H,1-3H3. The Kier molecular flexibility index (Phi) is 3.58. The zero-order chi connectivity index (χ0) is 15.9. The molecule has 1 aromatic heterocycles. The van der Waals surface area contributed by atoms with Crippen molar-refractivity contribution in [1.29, 1.82) is 0 Å². The van der Waals surface area contributed by atoms with Gasteiger partial charge in [0.05, 0.1) is 0 Å². The molecule has 0 saturated heterocycles. The van der Waals surface area contributed by atoms with Crippen molar-refractivity contribution in [3.63, 3.8) is 0 Å². The van der Waals surface area contributed by atoms with Gasteiger partial charge in [-0.2, -0.15) is 10.1 Å². The summed E-state index contributed by atoms with van der Waals surface area (Å²) in [4.78, 5) is 28.1. The topological polar surface area (TPSA) is 67.6 Å². The molecule has 1 aliphatic rings. The van der Waals surface area contributed by atoms with E-state index in [4.69, 9.17) is 0 Å². The molecule has 112 valence electrons. The lowest BCUT2D eigenvalue weighted by Crippen LogP contribution is -2.28. The molecule has 0 N–H and O–H groups in total. The number of rotatable bonds is 1. The Morgan fingerprint density at radius 2 is 1.77 bits per heavy atom. The van der Waals surface area contributed by atoms with E-state index in [0.717, 1.165) is 5.56 Å². The molecule has 0 atom stereocenters. The number of aromatic nitrogens is 2. The van der Waals surface area contributed by atoms with E-state index in [1.807, 2.05) is 30.3 Å². The van der Waals surface area contributed by atoms with Crippen molar-refractivity contribution < 1.29 is 9.59 Å². The number of hydrazone groups is 1. The van der Waals surface area contributed by atoms with E-state index in [-0.39, 0.29) is 11.8 Å². The first-order chi connectivity index (χ1) is 10.5. The van der Waals surface area contributed by atoms with Crippen LogP contribution >= 0.6 is 11.8 Å². The molecule has 0 spiro atoms. The number of hydrogen-bond donors (Lipinski definition) is 0. The summed E-state index contributed by atoms with van der Waals surface area (Å²) in [6, 6.07) is 9.54. The quantitative estimate of drug-likeness (QED) is 0.811. The second-order valence-electron chi connectivity index (χ2n) is 4.85. The highest BCUT2D eigenvalue weighted by Crippen LogP contribution is 2.38. The molecule has 0 bridgehead atoms. The van der Waals surface area contributed by atoms with Gasteiger partial charge in [-0.15, -0.1) is 0 Å². The number of hydrogen-bond acceptors (Lipinski definition) is 5. The van der Waals surface area contributed by atoms with E-state index in [2.05, 4.69) is 10.1 Å². The summed E-state index contributed by atoms with van der Waals surface area (Å²) in [5, 5.41) is 6.91. The van der Waals surface area contributed by atoms with Gasteiger partial charge in [-0.3, -0.25) is 14.2 Å². The van der Waals surface area contributed by atoms with E-state index in [9.17, 15) is 9.59 Å². The van der Waals surface area contributed by atoms with Crippen LogP contribution in [0.15, 0.2) is 40.5 Å². The molecule has 2 aromatic rings. The molecular weight excluding hydrogens is 300 g/mol. The highest BCUT2D eigenvalue weighted by atomic mass is 32.2. The maximum Gasteiger partial charge on any atom is 0.245 e. The predicted molar refractivity (Wildman–Crippen MR) is 85.3 cm³/mol. The van der Waals surface area contributed by atoms with Gasteiger partial charge in [0.1, 0.15) is 15.9 Å². The Labute approximate surface area is 131 Å². The van der Waals surface area contributed by atoms with E-state index in [0.29, 0.717) is 21.7 Å². The molecule has 2 heterocycles. The third-order valence-corrected chi connectivity index (χ3v) is 4.27. The maximum atomic E-state index is 11.9. The number of aryl methyl sites for hydroxylation is 1. The molecule has 7 heteroatoms. The van der Waals surface area contributed by atoms with E-state index >= 15 is 0 Å². The number of benzene rings is 1. The van der Waals surface area contributed by atoms with E-state index in [1.165, 1.54) is 35.2 Å². The fourth-order valence-electron chi connectivity index (χ4n) is 2.27. The van der Waals surface area contributed by atoms with E-state index in [1.54, 1.807) is 6.92 Å². The molecule has 0 unspecified atom stereocenters. The van der Waals surface area contributed by atoms with Crippen LogP contribution in [0.4, 0.5) is 5.82 Å². The molecular formula is C15H14N4O2S. The Balaban J connectivity index is 2.16. The highest BCUT2D eigenvalue weighted by molar-refractivity contribution is 8.14. The number of nitrogens with zero attached hydrogens (tertiary/aromatic N) is 4. The fourth-order valence-corrected chi connectivity index (χ4v) is 3.40. The number of carbonyl (C=O) groups excluding carboxylic acids is 2. The van der Waals surface area contributed by atoms with E-state index < -0.39 is 0 Å². The van der Waals surface area contributed by atoms with Gasteiger partial charge < -0.3 is 0 Å². The minimum absolute atomic E-state index is 0.142. The minimum Gasteiger partial charge on any atom is -0.274 e. The van der Waals surface area contributed by atoms with Crippen molar-refractivity contribution in [2.45, 2.75) is 25.8 Å². The first-order valence-corrected chi connectivity index (χ1v) is 7.53. The summed E-state index contributed by atoms with van der Waals surface area (Å²) in [7, 11) is 0. The summed E-state index contributed by atoms with van der Waals surface area (Å²) >= 11 is 1.34. The third kappa shape index (κ3) is 2.33. The lowest BCUT2D eigenvalue weighted by atomic mass is 10.2. The van der Waals surface area contributed by atoms with Gasteiger partial charge in [0.15, 0.2) is 5.82 Å². The molecule has 1 aromatic carbocycles. The minimum atomic E-state index is -0.247. The number of amides is 1. The largest absolute Gasteiger partial charge is 0.274 e. The van der Waals surface area contributed by atoms with Crippen LogP contribution in [0.25, 0.3) is 0 Å². The third-order valence-electron chi connectivity index (χ3n) is 3.20. The number of imidazole rings is 1. The Morgan fingerprint density at radius 1 is 1.09 bits per heavy atom. The molecule has 1 amide bonds. The summed E-state index contributed by atoms with van der Waals surface area (Å²) in [6.07, 6.45) is 0. The Bertz CT molecular complexity index is 795. The van der Waals surface area contributed by atoms with Crippen LogP contribution in [0.3, 0.4) is 0 Å². The average Bonchev–Trinajstić information content (AvgIpc) is 2.82. The van der Waals surface area contributed by atoms with Crippen LogP contribution in [-0.4, -0.2) is 26.4 Å². The number of carbonyl (C=O) groups is 2. The monoisotopic (exact) mass is 314 g/mol. The van der Waals surface area contributed by atoms with Crippen molar-refractivity contribution in [1.82, 2.24) is 9.55 Å². The first-order valence-electron chi connectivity index (χ1n) is 6.72. The molecule has 0 saturated carbocycles. The molecule has 22 heavy (non-hydrogen) atoms. The first kappa shape index (κ1) is 14.5. The Morgan fingerprint density at radius 3 is 2.36 bits per heavy atom. The van der Waals surface area contributed by atoms with Crippen molar-refractivity contribution in [2.75, 3.05) is 5.01 Å². The molecule has 0 fully saturated rings. The summed E-state index contributed by atoms with van der Waals surface area (Å²) in [5.74, 6) is 0.561. The van der Waals surface area contributed by atoms with Gasteiger partial charge in [0.25, 0.3) is 0 Å². The fraction of sp³-hybridized carbons (Fsp3) is 0.200.